The first-order valence-electron chi connectivity index (χ1n) is 4.97. The molecule has 0 saturated heterocycles. The van der Waals surface area contributed by atoms with E-state index in [1.165, 1.54) is 0 Å². The number of nitrogens with zero attached hydrogens (tertiary/aromatic N) is 1. The van der Waals surface area contributed by atoms with Crippen LogP contribution in [0.5, 0.6) is 0 Å². The fourth-order valence-corrected chi connectivity index (χ4v) is 2.10. The van der Waals surface area contributed by atoms with Gasteiger partial charge in [0.15, 0.2) is 5.82 Å². The molecule has 5 nitrogen and oxygen atoms in total. The maximum atomic E-state index is 10.9. The molecule has 0 unspecified atom stereocenters. The summed E-state index contributed by atoms with van der Waals surface area (Å²) < 4.78 is 10.2. The molecule has 0 aliphatic heterocycles. The maximum Gasteiger partial charge on any atom is 0.439 e. The molecular weight excluding hydrogens is 184 g/mol. The van der Waals surface area contributed by atoms with Crippen LogP contribution in [-0.4, -0.2) is 16.7 Å². The lowest BCUT2D eigenvalue weighted by Gasteiger charge is -2.25. The molecule has 1 aromatic rings. The molecule has 2 rings (SSSR count). The van der Waals surface area contributed by atoms with Crippen molar-refractivity contribution in [2.24, 2.45) is 0 Å². The Labute approximate surface area is 81.4 Å². The number of hydrogen-bond acceptors (Lipinski definition) is 4. The molecule has 1 fully saturated rings. The highest BCUT2D eigenvalue weighted by Crippen LogP contribution is 2.39. The van der Waals surface area contributed by atoms with Gasteiger partial charge in [0.05, 0.1) is 0 Å². The van der Waals surface area contributed by atoms with Gasteiger partial charge in [0.1, 0.15) is 5.60 Å². The van der Waals surface area contributed by atoms with E-state index in [0.717, 1.165) is 25.7 Å². The van der Waals surface area contributed by atoms with Crippen molar-refractivity contribution in [2.45, 2.75) is 38.2 Å². The number of H-pyrrole nitrogens is 1. The third-order valence-corrected chi connectivity index (χ3v) is 2.70. The van der Waals surface area contributed by atoms with Crippen LogP contribution in [0, 0.1) is 0 Å². The predicted octanol–water partition coefficient (Wildman–Crippen LogP) is 1.17. The minimum absolute atomic E-state index is 0.402. The first kappa shape index (κ1) is 9.45. The molecule has 5 heteroatoms. The van der Waals surface area contributed by atoms with E-state index in [1.807, 2.05) is 6.92 Å². The second-order valence-corrected chi connectivity index (χ2v) is 3.58. The SMILES string of the molecule is CCOC1(c2noc(=O)[nH]2)CCCC1. The fourth-order valence-electron chi connectivity index (χ4n) is 2.10. The summed E-state index contributed by atoms with van der Waals surface area (Å²) >= 11 is 0. The molecule has 0 radical (unpaired) electrons. The summed E-state index contributed by atoms with van der Waals surface area (Å²) in [6.45, 7) is 2.56. The fraction of sp³-hybridized carbons (Fsp3) is 0.778. The van der Waals surface area contributed by atoms with Gasteiger partial charge in [0.2, 0.25) is 0 Å². The van der Waals surface area contributed by atoms with Crippen LogP contribution in [0.4, 0.5) is 0 Å². The van der Waals surface area contributed by atoms with Crippen molar-refractivity contribution in [3.8, 4) is 0 Å². The number of aromatic amines is 1. The Morgan fingerprint density at radius 3 is 2.79 bits per heavy atom. The van der Waals surface area contributed by atoms with Crippen molar-refractivity contribution in [3.63, 3.8) is 0 Å². The van der Waals surface area contributed by atoms with Crippen molar-refractivity contribution in [2.75, 3.05) is 6.61 Å². The van der Waals surface area contributed by atoms with Crippen molar-refractivity contribution in [3.05, 3.63) is 16.4 Å². The van der Waals surface area contributed by atoms with E-state index < -0.39 is 11.4 Å². The van der Waals surface area contributed by atoms with Crippen LogP contribution >= 0.6 is 0 Å². The van der Waals surface area contributed by atoms with E-state index in [0.29, 0.717) is 12.4 Å². The third kappa shape index (κ3) is 1.48. The Balaban J connectivity index is 2.30. The first-order valence-corrected chi connectivity index (χ1v) is 4.97. The highest BCUT2D eigenvalue weighted by atomic mass is 16.5. The summed E-state index contributed by atoms with van der Waals surface area (Å²) in [6, 6.07) is 0. The topological polar surface area (TPSA) is 68.1 Å². The quantitative estimate of drug-likeness (QED) is 0.791. The number of rotatable bonds is 3. The van der Waals surface area contributed by atoms with Gasteiger partial charge in [-0.1, -0.05) is 5.16 Å². The summed E-state index contributed by atoms with van der Waals surface area (Å²) in [5.74, 6) is 0.0350. The van der Waals surface area contributed by atoms with Gasteiger partial charge in [-0.05, 0) is 32.6 Å². The molecule has 1 aromatic heterocycles. The van der Waals surface area contributed by atoms with E-state index in [2.05, 4.69) is 14.7 Å². The van der Waals surface area contributed by atoms with Crippen LogP contribution in [0.1, 0.15) is 38.4 Å². The van der Waals surface area contributed by atoms with Gasteiger partial charge >= 0.3 is 5.76 Å². The highest BCUT2D eigenvalue weighted by molar-refractivity contribution is 5.02. The molecule has 1 aliphatic rings. The van der Waals surface area contributed by atoms with E-state index in [1.54, 1.807) is 0 Å². The molecule has 0 bridgehead atoms. The standard InChI is InChI=1S/C9H14N2O3/c1-2-13-9(5-3-4-6-9)7-10-8(12)14-11-7/h2-6H2,1H3,(H,10,11,12). The number of nitrogens with one attached hydrogen (secondary N) is 1. The Morgan fingerprint density at radius 2 is 2.29 bits per heavy atom. The Bertz CT molecular complexity index is 349. The van der Waals surface area contributed by atoms with Gasteiger partial charge in [-0.25, -0.2) is 4.79 Å². The molecule has 1 N–H and O–H groups in total. The summed E-state index contributed by atoms with van der Waals surface area (Å²) in [5, 5.41) is 3.72. The summed E-state index contributed by atoms with van der Waals surface area (Å²) in [7, 11) is 0. The molecule has 0 aromatic carbocycles. The van der Waals surface area contributed by atoms with Gasteiger partial charge < -0.3 is 4.74 Å². The predicted molar refractivity (Wildman–Crippen MR) is 48.9 cm³/mol. The second kappa shape index (κ2) is 3.57. The van der Waals surface area contributed by atoms with Crippen LogP contribution in [0.2, 0.25) is 0 Å². The van der Waals surface area contributed by atoms with E-state index in [4.69, 9.17) is 4.74 Å². The van der Waals surface area contributed by atoms with Crippen LogP contribution in [0.3, 0.4) is 0 Å². The van der Waals surface area contributed by atoms with Crippen LogP contribution < -0.4 is 5.76 Å². The van der Waals surface area contributed by atoms with Crippen LogP contribution in [-0.2, 0) is 10.3 Å². The molecule has 14 heavy (non-hydrogen) atoms. The summed E-state index contributed by atoms with van der Waals surface area (Å²) in [5.41, 5.74) is -0.402. The molecule has 1 aliphatic carbocycles. The van der Waals surface area contributed by atoms with E-state index >= 15 is 0 Å². The van der Waals surface area contributed by atoms with Gasteiger partial charge in [-0.3, -0.25) is 9.51 Å². The number of aromatic nitrogens is 2. The van der Waals surface area contributed by atoms with E-state index in [9.17, 15) is 4.79 Å². The molecule has 0 amide bonds. The minimum Gasteiger partial charge on any atom is -0.367 e. The molecule has 0 spiro atoms. The van der Waals surface area contributed by atoms with E-state index in [-0.39, 0.29) is 0 Å². The normalized spacial score (nSPS) is 20.1. The number of hydrogen-bond donors (Lipinski definition) is 1. The van der Waals surface area contributed by atoms with Crippen molar-refractivity contribution in [1.82, 2.24) is 10.1 Å². The number of ether oxygens (including phenoxy) is 1. The van der Waals surface area contributed by atoms with Crippen LogP contribution in [0.15, 0.2) is 9.32 Å². The molecular formula is C9H14N2O3. The summed E-state index contributed by atoms with van der Waals surface area (Å²) in [6.07, 6.45) is 4.02. The van der Waals surface area contributed by atoms with Crippen molar-refractivity contribution < 1.29 is 9.26 Å². The lowest BCUT2D eigenvalue weighted by Crippen LogP contribution is -2.28. The lowest BCUT2D eigenvalue weighted by atomic mass is 10.0. The average molecular weight is 198 g/mol. The Hall–Kier alpha value is -1.10. The highest BCUT2D eigenvalue weighted by Gasteiger charge is 2.39. The smallest absolute Gasteiger partial charge is 0.367 e. The zero-order chi connectivity index (χ0) is 10.0. The van der Waals surface area contributed by atoms with Crippen molar-refractivity contribution >= 4 is 0 Å². The van der Waals surface area contributed by atoms with Gasteiger partial charge in [-0.2, -0.15) is 0 Å². The first-order chi connectivity index (χ1) is 6.77. The van der Waals surface area contributed by atoms with Gasteiger partial charge in [0, 0.05) is 6.61 Å². The largest absolute Gasteiger partial charge is 0.439 e. The third-order valence-electron chi connectivity index (χ3n) is 2.70. The van der Waals surface area contributed by atoms with Crippen LogP contribution in [0.25, 0.3) is 0 Å². The molecule has 1 heterocycles. The molecule has 1 saturated carbocycles. The van der Waals surface area contributed by atoms with Gasteiger partial charge in [0.25, 0.3) is 0 Å². The summed E-state index contributed by atoms with van der Waals surface area (Å²) in [4.78, 5) is 13.4. The second-order valence-electron chi connectivity index (χ2n) is 3.58. The molecule has 78 valence electrons. The average Bonchev–Trinajstić information content (AvgIpc) is 2.75. The monoisotopic (exact) mass is 198 g/mol. The zero-order valence-corrected chi connectivity index (χ0v) is 8.21. The minimum atomic E-state index is -0.508. The van der Waals surface area contributed by atoms with Gasteiger partial charge in [-0.15, -0.1) is 0 Å². The Kier molecular flexibility index (Phi) is 2.41. The Morgan fingerprint density at radius 1 is 1.57 bits per heavy atom. The maximum absolute atomic E-state index is 10.9. The molecule has 0 atom stereocenters. The lowest BCUT2D eigenvalue weighted by molar-refractivity contribution is -0.0469. The van der Waals surface area contributed by atoms with Crippen molar-refractivity contribution in [1.29, 1.82) is 0 Å². The zero-order valence-electron chi connectivity index (χ0n) is 8.21.